The summed E-state index contributed by atoms with van der Waals surface area (Å²) < 4.78 is 29.8. The number of aromatic nitrogens is 1. The van der Waals surface area contributed by atoms with E-state index >= 15 is 0 Å². The molecule has 1 aromatic heterocycles. The van der Waals surface area contributed by atoms with E-state index < -0.39 is 21.4 Å². The van der Waals surface area contributed by atoms with Crippen molar-refractivity contribution in [2.75, 3.05) is 13.6 Å². The molecule has 34 heavy (non-hydrogen) atoms. The lowest BCUT2D eigenvalue weighted by molar-refractivity contribution is 0.0952. The summed E-state index contributed by atoms with van der Waals surface area (Å²) in [4.78, 5) is 26.2. The molecule has 4 rings (SSSR count). The molecule has 1 aromatic carbocycles. The molecule has 0 spiro atoms. The first kappa shape index (κ1) is 24.7. The smallest absolute Gasteiger partial charge is 0.256 e. The van der Waals surface area contributed by atoms with Crippen LogP contribution in [0.25, 0.3) is 10.9 Å². The molecule has 0 radical (unpaired) electrons. The summed E-state index contributed by atoms with van der Waals surface area (Å²) in [5, 5.41) is 3.10. The van der Waals surface area contributed by atoms with Gasteiger partial charge in [-0.25, -0.2) is 8.42 Å². The van der Waals surface area contributed by atoms with E-state index in [1.54, 1.807) is 30.8 Å². The summed E-state index contributed by atoms with van der Waals surface area (Å²) in [6.07, 6.45) is 14.0. The van der Waals surface area contributed by atoms with Crippen molar-refractivity contribution in [3.63, 3.8) is 0 Å². The lowest BCUT2D eigenvalue weighted by Gasteiger charge is -2.30. The molecule has 184 valence electrons. The van der Waals surface area contributed by atoms with E-state index in [4.69, 9.17) is 0 Å². The van der Waals surface area contributed by atoms with Crippen LogP contribution in [0.3, 0.4) is 0 Å². The van der Waals surface area contributed by atoms with Gasteiger partial charge in [0.2, 0.25) is 15.5 Å². The Morgan fingerprint density at radius 1 is 1.15 bits per heavy atom. The second-order valence-corrected chi connectivity index (χ2v) is 11.6. The number of aryl methyl sites for hydroxylation is 1. The van der Waals surface area contributed by atoms with Crippen LogP contribution in [0.2, 0.25) is 0 Å². The molecule has 1 N–H and O–H groups in total. The number of carbonyl (C=O) groups is 1. The molecule has 0 aliphatic heterocycles. The lowest BCUT2D eigenvalue weighted by atomic mass is 9.96. The predicted molar refractivity (Wildman–Crippen MR) is 135 cm³/mol. The number of nitrogens with zero attached hydrogens (tertiary/aromatic N) is 2. The molecule has 1 fully saturated rings. The molecule has 0 atom stereocenters. The van der Waals surface area contributed by atoms with Gasteiger partial charge < -0.3 is 9.88 Å². The van der Waals surface area contributed by atoms with Crippen molar-refractivity contribution in [2.45, 2.75) is 75.1 Å². The number of sulfonamides is 1. The van der Waals surface area contributed by atoms with Crippen LogP contribution in [-0.2, 0) is 17.1 Å². The highest BCUT2D eigenvalue weighted by Crippen LogP contribution is 2.27. The topological polar surface area (TPSA) is 88.5 Å². The number of fused-ring (bicyclic) bond motifs is 1. The zero-order valence-electron chi connectivity index (χ0n) is 20.2. The van der Waals surface area contributed by atoms with Gasteiger partial charge in [-0.1, -0.05) is 30.9 Å². The Bertz CT molecular complexity index is 1260. The normalized spacial score (nSPS) is 17.7. The fourth-order valence-electron chi connectivity index (χ4n) is 5.16. The molecule has 8 heteroatoms. The van der Waals surface area contributed by atoms with Crippen LogP contribution in [0.4, 0.5) is 0 Å². The van der Waals surface area contributed by atoms with Crippen LogP contribution in [0.1, 0.15) is 74.6 Å². The number of benzene rings is 1. The predicted octanol–water partition coefficient (Wildman–Crippen LogP) is 4.11. The summed E-state index contributed by atoms with van der Waals surface area (Å²) in [6, 6.07) is 4.60. The number of amides is 1. The number of hydrogen-bond donors (Lipinski definition) is 1. The van der Waals surface area contributed by atoms with Crippen LogP contribution in [-0.4, -0.2) is 42.8 Å². The van der Waals surface area contributed by atoms with E-state index in [0.717, 1.165) is 51.4 Å². The standard InChI is InChI=1S/C26H35N3O4S/c1-28-18-23(26(31)27-16-15-19-9-5-3-6-10-19)25(30)22-17-21(13-14-24(22)28)34(32,33)29(2)20-11-7-4-8-12-20/h9,13-14,17-18,20H,3-8,10-12,15-16H2,1-2H3,(H,27,31). The van der Waals surface area contributed by atoms with Gasteiger partial charge in [-0.3, -0.25) is 9.59 Å². The van der Waals surface area contributed by atoms with Crippen molar-refractivity contribution in [3.8, 4) is 0 Å². The van der Waals surface area contributed by atoms with Gasteiger partial charge >= 0.3 is 0 Å². The molecule has 0 unspecified atom stereocenters. The summed E-state index contributed by atoms with van der Waals surface area (Å²) in [5.41, 5.74) is 1.53. The highest BCUT2D eigenvalue weighted by molar-refractivity contribution is 7.89. The molecule has 2 aromatic rings. The van der Waals surface area contributed by atoms with Gasteiger partial charge in [-0.15, -0.1) is 0 Å². The highest BCUT2D eigenvalue weighted by Gasteiger charge is 2.29. The van der Waals surface area contributed by atoms with Crippen LogP contribution in [0.5, 0.6) is 0 Å². The van der Waals surface area contributed by atoms with Crippen molar-refractivity contribution < 1.29 is 13.2 Å². The Hall–Kier alpha value is -2.45. The quantitative estimate of drug-likeness (QED) is 0.598. The average Bonchev–Trinajstić information content (AvgIpc) is 2.86. The summed E-state index contributed by atoms with van der Waals surface area (Å²) in [6.45, 7) is 0.479. The van der Waals surface area contributed by atoms with Gasteiger partial charge in [-0.05, 0) is 63.1 Å². The first-order valence-electron chi connectivity index (χ1n) is 12.4. The second kappa shape index (κ2) is 10.4. The van der Waals surface area contributed by atoms with Gasteiger partial charge in [0.05, 0.1) is 10.4 Å². The first-order valence-corrected chi connectivity index (χ1v) is 13.8. The van der Waals surface area contributed by atoms with Gasteiger partial charge in [0.15, 0.2) is 0 Å². The number of carbonyl (C=O) groups excluding carboxylic acids is 1. The fourth-order valence-corrected chi connectivity index (χ4v) is 6.61. The minimum Gasteiger partial charge on any atom is -0.352 e. The molecule has 0 bridgehead atoms. The largest absolute Gasteiger partial charge is 0.352 e. The van der Waals surface area contributed by atoms with Crippen LogP contribution in [0, 0.1) is 0 Å². The zero-order chi connectivity index (χ0) is 24.3. The fraction of sp³-hybridized carbons (Fsp3) is 0.538. The molecule has 1 amide bonds. The van der Waals surface area contributed by atoms with E-state index in [-0.39, 0.29) is 21.9 Å². The third-order valence-corrected chi connectivity index (χ3v) is 9.19. The van der Waals surface area contributed by atoms with Gasteiger partial charge in [-0.2, -0.15) is 4.31 Å². The van der Waals surface area contributed by atoms with Crippen molar-refractivity contribution >= 4 is 26.8 Å². The molecule has 2 aliphatic rings. The minimum absolute atomic E-state index is 0.0197. The molecule has 2 aliphatic carbocycles. The van der Waals surface area contributed by atoms with Crippen LogP contribution < -0.4 is 10.7 Å². The van der Waals surface area contributed by atoms with E-state index in [1.165, 1.54) is 35.0 Å². The Morgan fingerprint density at radius 2 is 1.91 bits per heavy atom. The third-order valence-electron chi connectivity index (χ3n) is 7.29. The van der Waals surface area contributed by atoms with Crippen molar-refractivity contribution in [1.29, 1.82) is 0 Å². The van der Waals surface area contributed by atoms with Crippen molar-refractivity contribution in [3.05, 3.63) is 51.8 Å². The van der Waals surface area contributed by atoms with E-state index in [2.05, 4.69) is 11.4 Å². The molecular formula is C26H35N3O4S. The second-order valence-electron chi connectivity index (χ2n) is 9.59. The van der Waals surface area contributed by atoms with Gasteiger partial charge in [0.1, 0.15) is 5.56 Å². The highest BCUT2D eigenvalue weighted by atomic mass is 32.2. The average molecular weight is 486 g/mol. The minimum atomic E-state index is -3.74. The summed E-state index contributed by atoms with van der Waals surface area (Å²) in [5.74, 6) is -0.425. The molecule has 7 nitrogen and oxygen atoms in total. The molecule has 1 saturated carbocycles. The Balaban J connectivity index is 1.59. The maximum Gasteiger partial charge on any atom is 0.256 e. The third kappa shape index (κ3) is 5.13. The maximum absolute atomic E-state index is 13.3. The monoisotopic (exact) mass is 485 g/mol. The van der Waals surface area contributed by atoms with E-state index in [0.29, 0.717) is 12.1 Å². The Kier molecular flexibility index (Phi) is 7.57. The molecule has 0 saturated heterocycles. The molecular weight excluding hydrogens is 450 g/mol. The van der Waals surface area contributed by atoms with Gasteiger partial charge in [0, 0.05) is 38.3 Å². The lowest BCUT2D eigenvalue weighted by Crippen LogP contribution is -2.38. The van der Waals surface area contributed by atoms with Crippen molar-refractivity contribution in [2.24, 2.45) is 7.05 Å². The number of pyridine rings is 1. The zero-order valence-corrected chi connectivity index (χ0v) is 21.0. The van der Waals surface area contributed by atoms with Crippen LogP contribution >= 0.6 is 0 Å². The van der Waals surface area contributed by atoms with E-state index in [1.807, 2.05) is 0 Å². The number of nitrogens with one attached hydrogen (secondary N) is 1. The van der Waals surface area contributed by atoms with Crippen molar-refractivity contribution in [1.82, 2.24) is 14.2 Å². The first-order chi connectivity index (χ1) is 16.3. The molecule has 1 heterocycles. The van der Waals surface area contributed by atoms with Crippen LogP contribution in [0.15, 0.2) is 45.7 Å². The Labute approximate surface area is 201 Å². The number of hydrogen-bond acceptors (Lipinski definition) is 4. The summed E-state index contributed by atoms with van der Waals surface area (Å²) >= 11 is 0. The SMILES string of the molecule is CN(C1CCCCC1)S(=O)(=O)c1ccc2c(c1)c(=O)c(C(=O)NCCC1=CCCCC1)cn2C. The number of allylic oxidation sites excluding steroid dienone is 1. The Morgan fingerprint density at radius 3 is 2.62 bits per heavy atom. The maximum atomic E-state index is 13.3. The number of rotatable bonds is 7. The van der Waals surface area contributed by atoms with E-state index in [9.17, 15) is 18.0 Å². The van der Waals surface area contributed by atoms with Gasteiger partial charge in [0.25, 0.3) is 5.91 Å². The summed E-state index contributed by atoms with van der Waals surface area (Å²) in [7, 11) is -0.359.